The van der Waals surface area contributed by atoms with E-state index in [4.69, 9.17) is 10.5 Å². The maximum Gasteiger partial charge on any atom is 0.221 e. The van der Waals surface area contributed by atoms with Gasteiger partial charge in [0.1, 0.15) is 5.75 Å². The highest BCUT2D eigenvalue weighted by atomic mass is 16.5. The van der Waals surface area contributed by atoms with E-state index >= 15 is 0 Å². The monoisotopic (exact) mass is 347 g/mol. The summed E-state index contributed by atoms with van der Waals surface area (Å²) < 4.78 is 5.84. The molecular weight excluding hydrogens is 314 g/mol. The highest BCUT2D eigenvalue weighted by molar-refractivity contribution is 5.76. The number of amides is 1. The summed E-state index contributed by atoms with van der Waals surface area (Å²) in [5, 5.41) is 3.03. The maximum atomic E-state index is 11.7. The molecule has 0 aliphatic carbocycles. The Labute approximate surface area is 151 Å². The number of hydrogen-bond donors (Lipinski definition) is 2. The number of ether oxygens (including phenoxy) is 1. The number of hydrogen-bond acceptors (Lipinski definition) is 4. The molecular formula is C20H33N3O2. The Morgan fingerprint density at radius 2 is 2.24 bits per heavy atom. The van der Waals surface area contributed by atoms with Gasteiger partial charge in [0, 0.05) is 32.1 Å². The predicted octanol–water partition coefficient (Wildman–Crippen LogP) is 2.54. The van der Waals surface area contributed by atoms with Crippen LogP contribution < -0.4 is 15.8 Å². The molecule has 0 bridgehead atoms. The first kappa shape index (κ1) is 19.7. The molecule has 0 aromatic heterocycles. The number of carbonyl (C=O) groups is 1. The van der Waals surface area contributed by atoms with Crippen molar-refractivity contribution in [3.05, 3.63) is 29.8 Å². The highest BCUT2D eigenvalue weighted by Gasteiger charge is 2.22. The normalized spacial score (nSPS) is 18.3. The molecule has 1 fully saturated rings. The Balaban J connectivity index is 1.91. The van der Waals surface area contributed by atoms with Crippen LogP contribution >= 0.6 is 0 Å². The van der Waals surface area contributed by atoms with Crippen LogP contribution in [0.5, 0.6) is 5.75 Å². The van der Waals surface area contributed by atoms with E-state index in [2.05, 4.69) is 42.3 Å². The van der Waals surface area contributed by atoms with Gasteiger partial charge in [-0.25, -0.2) is 0 Å². The number of carbonyl (C=O) groups excluding carboxylic acids is 1. The summed E-state index contributed by atoms with van der Waals surface area (Å²) in [6.45, 7) is 8.14. The van der Waals surface area contributed by atoms with E-state index in [1.807, 2.05) is 6.07 Å². The molecule has 2 rings (SSSR count). The molecule has 25 heavy (non-hydrogen) atoms. The lowest BCUT2D eigenvalue weighted by molar-refractivity contribution is -0.121. The van der Waals surface area contributed by atoms with Crippen LogP contribution in [-0.2, 0) is 11.3 Å². The summed E-state index contributed by atoms with van der Waals surface area (Å²) in [7, 11) is 0. The molecule has 5 heteroatoms. The van der Waals surface area contributed by atoms with Crippen molar-refractivity contribution in [3.63, 3.8) is 0 Å². The van der Waals surface area contributed by atoms with E-state index in [-0.39, 0.29) is 5.91 Å². The molecule has 140 valence electrons. The van der Waals surface area contributed by atoms with E-state index in [0.717, 1.165) is 31.9 Å². The van der Waals surface area contributed by atoms with Gasteiger partial charge in [-0.1, -0.05) is 32.4 Å². The van der Waals surface area contributed by atoms with Gasteiger partial charge < -0.3 is 15.8 Å². The Kier molecular flexibility index (Phi) is 8.22. The van der Waals surface area contributed by atoms with Gasteiger partial charge in [-0.3, -0.25) is 9.69 Å². The summed E-state index contributed by atoms with van der Waals surface area (Å²) in [5.74, 6) is 1.51. The fraction of sp³-hybridized carbons (Fsp3) is 0.650. The first-order valence-electron chi connectivity index (χ1n) is 9.51. The van der Waals surface area contributed by atoms with E-state index in [9.17, 15) is 4.79 Å². The number of likely N-dealkylation sites (tertiary alicyclic amines) is 1. The van der Waals surface area contributed by atoms with E-state index < -0.39 is 0 Å². The average Bonchev–Trinajstić information content (AvgIpc) is 2.60. The maximum absolute atomic E-state index is 11.7. The molecule has 3 N–H and O–H groups in total. The molecule has 1 aromatic rings. The summed E-state index contributed by atoms with van der Waals surface area (Å²) in [5.41, 5.74) is 6.71. The van der Waals surface area contributed by atoms with Crippen LogP contribution in [-0.4, -0.2) is 43.1 Å². The fourth-order valence-electron chi connectivity index (χ4n) is 3.18. The zero-order chi connectivity index (χ0) is 18.1. The molecule has 1 saturated heterocycles. The van der Waals surface area contributed by atoms with Gasteiger partial charge in [0.05, 0.1) is 6.61 Å². The summed E-state index contributed by atoms with van der Waals surface area (Å²) in [6.07, 6.45) is 3.98. The molecule has 0 saturated carbocycles. The molecule has 1 aromatic carbocycles. The highest BCUT2D eigenvalue weighted by Crippen LogP contribution is 2.21. The second-order valence-corrected chi connectivity index (χ2v) is 7.32. The summed E-state index contributed by atoms with van der Waals surface area (Å²) >= 11 is 0. The Hall–Kier alpha value is -1.59. The van der Waals surface area contributed by atoms with Crippen LogP contribution in [0.4, 0.5) is 0 Å². The molecule has 1 amide bonds. The summed E-state index contributed by atoms with van der Waals surface area (Å²) in [4.78, 5) is 14.2. The third-order valence-corrected chi connectivity index (χ3v) is 4.52. The Morgan fingerprint density at radius 3 is 3.00 bits per heavy atom. The first-order valence-corrected chi connectivity index (χ1v) is 9.51. The van der Waals surface area contributed by atoms with Crippen molar-refractivity contribution in [2.75, 3.05) is 26.2 Å². The van der Waals surface area contributed by atoms with Crippen LogP contribution in [0.25, 0.3) is 0 Å². The smallest absolute Gasteiger partial charge is 0.221 e. The minimum absolute atomic E-state index is 0.0529. The molecule has 1 aliphatic rings. The lowest BCUT2D eigenvalue weighted by Gasteiger charge is -2.36. The lowest BCUT2D eigenvalue weighted by Crippen LogP contribution is -2.46. The quantitative estimate of drug-likeness (QED) is 0.720. The SMILES string of the molecule is CC(C)COc1cccc(CN2CCCCC2CNC(=O)CCN)c1. The van der Waals surface area contributed by atoms with Gasteiger partial charge in [-0.15, -0.1) is 0 Å². The number of rotatable bonds is 9. The van der Waals surface area contributed by atoms with Crippen molar-refractivity contribution < 1.29 is 9.53 Å². The predicted molar refractivity (Wildman–Crippen MR) is 102 cm³/mol. The van der Waals surface area contributed by atoms with Crippen LogP contribution in [0, 0.1) is 5.92 Å². The van der Waals surface area contributed by atoms with Gasteiger partial charge in [-0.2, -0.15) is 0 Å². The van der Waals surface area contributed by atoms with Crippen LogP contribution in [0.15, 0.2) is 24.3 Å². The molecule has 0 radical (unpaired) electrons. The number of benzene rings is 1. The molecule has 1 unspecified atom stereocenters. The fourth-order valence-corrected chi connectivity index (χ4v) is 3.18. The van der Waals surface area contributed by atoms with Crippen LogP contribution in [0.2, 0.25) is 0 Å². The average molecular weight is 348 g/mol. The zero-order valence-corrected chi connectivity index (χ0v) is 15.7. The lowest BCUT2D eigenvalue weighted by atomic mass is 10.0. The molecule has 1 aliphatic heterocycles. The molecule has 1 atom stereocenters. The largest absolute Gasteiger partial charge is 0.493 e. The van der Waals surface area contributed by atoms with Crippen LogP contribution in [0.3, 0.4) is 0 Å². The van der Waals surface area contributed by atoms with Gasteiger partial charge in [0.25, 0.3) is 0 Å². The number of nitrogens with zero attached hydrogens (tertiary/aromatic N) is 1. The van der Waals surface area contributed by atoms with Gasteiger partial charge >= 0.3 is 0 Å². The molecule has 1 heterocycles. The van der Waals surface area contributed by atoms with E-state index in [0.29, 0.717) is 31.5 Å². The van der Waals surface area contributed by atoms with E-state index in [1.54, 1.807) is 0 Å². The third-order valence-electron chi connectivity index (χ3n) is 4.52. The van der Waals surface area contributed by atoms with Crippen molar-refractivity contribution >= 4 is 5.91 Å². The Bertz CT molecular complexity index is 533. The second kappa shape index (κ2) is 10.4. The van der Waals surface area contributed by atoms with Crippen molar-refractivity contribution in [2.24, 2.45) is 11.7 Å². The molecule has 5 nitrogen and oxygen atoms in total. The van der Waals surface area contributed by atoms with Gasteiger partial charge in [-0.05, 0) is 43.0 Å². The minimum atomic E-state index is 0.0529. The third kappa shape index (κ3) is 7.04. The zero-order valence-electron chi connectivity index (χ0n) is 15.7. The topological polar surface area (TPSA) is 67.6 Å². The van der Waals surface area contributed by atoms with Crippen molar-refractivity contribution in [2.45, 2.75) is 52.1 Å². The van der Waals surface area contributed by atoms with Crippen LogP contribution in [0.1, 0.15) is 45.1 Å². The number of piperidine rings is 1. The summed E-state index contributed by atoms with van der Waals surface area (Å²) in [6, 6.07) is 8.78. The van der Waals surface area contributed by atoms with Gasteiger partial charge in [0.2, 0.25) is 5.91 Å². The first-order chi connectivity index (χ1) is 12.1. The van der Waals surface area contributed by atoms with Crippen molar-refractivity contribution in [3.8, 4) is 5.75 Å². The standard InChI is InChI=1S/C20H33N3O2/c1-16(2)15-25-19-8-5-6-17(12-19)14-23-11-4-3-7-18(23)13-22-20(24)9-10-21/h5-6,8,12,16,18H,3-4,7,9-11,13-15,21H2,1-2H3,(H,22,24). The number of nitrogens with two attached hydrogens (primary N) is 1. The number of nitrogens with one attached hydrogen (secondary N) is 1. The second-order valence-electron chi connectivity index (χ2n) is 7.32. The van der Waals surface area contributed by atoms with Crippen molar-refractivity contribution in [1.29, 1.82) is 0 Å². The van der Waals surface area contributed by atoms with Crippen molar-refractivity contribution in [1.82, 2.24) is 10.2 Å². The minimum Gasteiger partial charge on any atom is -0.493 e. The van der Waals surface area contributed by atoms with Gasteiger partial charge in [0.15, 0.2) is 0 Å². The van der Waals surface area contributed by atoms with E-state index in [1.165, 1.54) is 18.4 Å². The molecule has 0 spiro atoms. The Morgan fingerprint density at radius 1 is 1.40 bits per heavy atom.